The minimum absolute atomic E-state index is 0.258. The molecule has 180 valence electrons. The number of anilines is 1. The van der Waals surface area contributed by atoms with Gasteiger partial charge in [0.05, 0.1) is 17.5 Å². The van der Waals surface area contributed by atoms with Crippen LogP contribution in [-0.2, 0) is 6.42 Å². The number of H-pyrrole nitrogens is 1. The van der Waals surface area contributed by atoms with Crippen molar-refractivity contribution >= 4 is 28.6 Å². The van der Waals surface area contributed by atoms with Crippen molar-refractivity contribution in [2.75, 3.05) is 38.1 Å². The summed E-state index contributed by atoms with van der Waals surface area (Å²) in [5.74, 6) is 3.15. The van der Waals surface area contributed by atoms with Crippen molar-refractivity contribution in [1.29, 1.82) is 0 Å². The standard InChI is InChI=1S/C25H31ClFN7/c1-14-15-3-5-16(6-4-15)17(14)11-19-21(27)25(34-9-7-33(2)8-10-34)32-23(30-19)18-12-28-24-22(18)31-20(26)13-29-24/h12-17H,3-11H2,1-2H3,(H,28,29)/t14-,15?,16?,17+/m0/s1. The van der Waals surface area contributed by atoms with Gasteiger partial charge in [-0.25, -0.2) is 24.3 Å². The molecule has 0 aromatic carbocycles. The molecule has 9 heteroatoms. The Morgan fingerprint density at radius 2 is 1.79 bits per heavy atom. The normalized spacial score (nSPS) is 27.6. The maximum absolute atomic E-state index is 16.0. The molecule has 2 atom stereocenters. The Morgan fingerprint density at radius 1 is 1.06 bits per heavy atom. The van der Waals surface area contributed by atoms with E-state index in [0.717, 1.165) is 32.1 Å². The summed E-state index contributed by atoms with van der Waals surface area (Å²) in [5.41, 5.74) is 2.47. The van der Waals surface area contributed by atoms with Gasteiger partial charge in [-0.1, -0.05) is 18.5 Å². The summed E-state index contributed by atoms with van der Waals surface area (Å²) >= 11 is 6.14. The van der Waals surface area contributed by atoms with Crippen LogP contribution >= 0.6 is 11.6 Å². The van der Waals surface area contributed by atoms with Crippen LogP contribution in [0.1, 0.15) is 38.3 Å². The highest BCUT2D eigenvalue weighted by Gasteiger charge is 2.41. The molecule has 34 heavy (non-hydrogen) atoms. The average Bonchev–Trinajstić information content (AvgIpc) is 3.26. The van der Waals surface area contributed by atoms with Crippen LogP contribution < -0.4 is 4.90 Å². The Bertz CT molecular complexity index is 1200. The average molecular weight is 484 g/mol. The molecule has 7 rings (SSSR count). The topological polar surface area (TPSA) is 73.8 Å². The first kappa shape index (κ1) is 22.2. The van der Waals surface area contributed by atoms with Crippen LogP contribution in [-0.4, -0.2) is 63.0 Å². The molecule has 3 aromatic heterocycles. The lowest BCUT2D eigenvalue weighted by atomic mass is 9.58. The van der Waals surface area contributed by atoms with Gasteiger partial charge < -0.3 is 14.8 Å². The number of piperazine rings is 1. The molecule has 1 N–H and O–H groups in total. The summed E-state index contributed by atoms with van der Waals surface area (Å²) in [5, 5.41) is 0.307. The second kappa shape index (κ2) is 8.72. The number of aromatic amines is 1. The molecular weight excluding hydrogens is 453 g/mol. The van der Waals surface area contributed by atoms with Crippen molar-refractivity contribution in [3.63, 3.8) is 0 Å². The van der Waals surface area contributed by atoms with Crippen molar-refractivity contribution < 1.29 is 4.39 Å². The maximum atomic E-state index is 16.0. The van der Waals surface area contributed by atoms with E-state index in [4.69, 9.17) is 21.6 Å². The van der Waals surface area contributed by atoms with E-state index in [1.54, 1.807) is 6.20 Å². The minimum atomic E-state index is -0.258. The molecule has 2 bridgehead atoms. The summed E-state index contributed by atoms with van der Waals surface area (Å²) in [6.07, 6.45) is 9.15. The van der Waals surface area contributed by atoms with Crippen molar-refractivity contribution in [3.05, 3.63) is 29.1 Å². The number of likely N-dealkylation sites (N-methyl/N-ethyl adjacent to an activating group) is 1. The molecule has 7 nitrogen and oxygen atoms in total. The first-order valence-electron chi connectivity index (χ1n) is 12.5. The van der Waals surface area contributed by atoms with Crippen molar-refractivity contribution in [3.8, 4) is 11.4 Å². The van der Waals surface area contributed by atoms with Crippen LogP contribution in [0.2, 0.25) is 5.15 Å². The third-order valence-corrected chi connectivity index (χ3v) is 8.75. The molecule has 0 unspecified atom stereocenters. The first-order valence-corrected chi connectivity index (χ1v) is 12.9. The quantitative estimate of drug-likeness (QED) is 0.585. The predicted octanol–water partition coefficient (Wildman–Crippen LogP) is 4.57. The Balaban J connectivity index is 1.44. The van der Waals surface area contributed by atoms with E-state index in [1.807, 2.05) is 0 Å². The van der Waals surface area contributed by atoms with Gasteiger partial charge in [-0.2, -0.15) is 0 Å². The van der Waals surface area contributed by atoms with Gasteiger partial charge in [-0.15, -0.1) is 0 Å². The van der Waals surface area contributed by atoms with Crippen molar-refractivity contribution in [2.24, 2.45) is 23.7 Å². The first-order chi connectivity index (χ1) is 16.5. The van der Waals surface area contributed by atoms with Crippen molar-refractivity contribution in [1.82, 2.24) is 29.8 Å². The van der Waals surface area contributed by atoms with Crippen LogP contribution in [0.3, 0.4) is 0 Å². The highest BCUT2D eigenvalue weighted by Crippen LogP contribution is 2.50. The molecule has 3 aliphatic carbocycles. The Labute approximate surface area is 204 Å². The van der Waals surface area contributed by atoms with Crippen LogP contribution in [0.15, 0.2) is 12.4 Å². The van der Waals surface area contributed by atoms with E-state index in [0.29, 0.717) is 63.4 Å². The summed E-state index contributed by atoms with van der Waals surface area (Å²) in [6, 6.07) is 0. The van der Waals surface area contributed by atoms with Crippen LogP contribution in [0.5, 0.6) is 0 Å². The third-order valence-electron chi connectivity index (χ3n) is 8.57. The van der Waals surface area contributed by atoms with E-state index >= 15 is 4.39 Å². The van der Waals surface area contributed by atoms with E-state index in [9.17, 15) is 0 Å². The van der Waals surface area contributed by atoms with Gasteiger partial charge in [-0.05, 0) is 62.8 Å². The molecule has 4 aliphatic rings. The van der Waals surface area contributed by atoms with Gasteiger partial charge in [0.15, 0.2) is 23.1 Å². The predicted molar refractivity (Wildman–Crippen MR) is 131 cm³/mol. The summed E-state index contributed by atoms with van der Waals surface area (Å²) in [6.45, 7) is 5.61. The Kier molecular flexibility index (Phi) is 5.68. The lowest BCUT2D eigenvalue weighted by molar-refractivity contribution is 0.0334. The van der Waals surface area contributed by atoms with Gasteiger partial charge in [0, 0.05) is 32.4 Å². The molecular formula is C25H31ClFN7. The third kappa shape index (κ3) is 3.85. The lowest BCUT2D eigenvalue weighted by Crippen LogP contribution is -2.45. The molecule has 0 spiro atoms. The zero-order valence-electron chi connectivity index (χ0n) is 19.8. The fourth-order valence-electron chi connectivity index (χ4n) is 6.46. The zero-order chi connectivity index (χ0) is 23.4. The summed E-state index contributed by atoms with van der Waals surface area (Å²) in [4.78, 5) is 25.8. The fourth-order valence-corrected chi connectivity index (χ4v) is 6.59. The number of nitrogens with one attached hydrogen (secondary N) is 1. The van der Waals surface area contributed by atoms with Gasteiger partial charge in [0.1, 0.15) is 10.7 Å². The minimum Gasteiger partial charge on any atom is -0.351 e. The number of nitrogens with zero attached hydrogens (tertiary/aromatic N) is 6. The highest BCUT2D eigenvalue weighted by atomic mass is 35.5. The van der Waals surface area contributed by atoms with E-state index in [2.05, 4.69) is 38.7 Å². The summed E-state index contributed by atoms with van der Waals surface area (Å²) < 4.78 is 16.0. The van der Waals surface area contributed by atoms with E-state index in [-0.39, 0.29) is 5.82 Å². The van der Waals surface area contributed by atoms with Gasteiger partial charge >= 0.3 is 0 Å². The number of aromatic nitrogens is 5. The van der Waals surface area contributed by atoms with Crippen LogP contribution in [0, 0.1) is 29.5 Å². The SMILES string of the molecule is C[C@H]1C2CCC(CC2)[C@@H]1Cc1nc(-c2c[nH]c3ncc(Cl)nc23)nc(N2CCN(C)CC2)c1F. The second-order valence-electron chi connectivity index (χ2n) is 10.4. The van der Waals surface area contributed by atoms with Crippen LogP contribution in [0.25, 0.3) is 22.6 Å². The number of halogens is 2. The Morgan fingerprint density at radius 3 is 2.53 bits per heavy atom. The molecule has 0 amide bonds. The highest BCUT2D eigenvalue weighted by molar-refractivity contribution is 6.29. The van der Waals surface area contributed by atoms with Crippen molar-refractivity contribution in [2.45, 2.75) is 39.0 Å². The van der Waals surface area contributed by atoms with Gasteiger partial charge in [0.25, 0.3) is 0 Å². The lowest BCUT2D eigenvalue weighted by Gasteiger charge is -2.47. The molecule has 3 saturated carbocycles. The maximum Gasteiger partial charge on any atom is 0.187 e. The molecule has 1 aliphatic heterocycles. The monoisotopic (exact) mass is 483 g/mol. The largest absolute Gasteiger partial charge is 0.351 e. The smallest absolute Gasteiger partial charge is 0.187 e. The molecule has 0 radical (unpaired) electrons. The van der Waals surface area contributed by atoms with Gasteiger partial charge in [0.2, 0.25) is 0 Å². The summed E-state index contributed by atoms with van der Waals surface area (Å²) in [7, 11) is 2.10. The van der Waals surface area contributed by atoms with E-state index in [1.165, 1.54) is 31.9 Å². The molecule has 1 saturated heterocycles. The van der Waals surface area contributed by atoms with Crippen LogP contribution in [0.4, 0.5) is 10.2 Å². The second-order valence-corrected chi connectivity index (χ2v) is 10.8. The van der Waals surface area contributed by atoms with Gasteiger partial charge in [-0.3, -0.25) is 0 Å². The molecule has 4 fully saturated rings. The number of fused-ring (bicyclic) bond motifs is 4. The zero-order valence-corrected chi connectivity index (χ0v) is 20.5. The number of hydrogen-bond donors (Lipinski definition) is 1. The molecule has 3 aromatic rings. The number of rotatable bonds is 4. The molecule has 4 heterocycles. The van der Waals surface area contributed by atoms with E-state index < -0.39 is 0 Å². The number of hydrogen-bond acceptors (Lipinski definition) is 6. The Hall–Kier alpha value is -2.32. The fraction of sp³-hybridized carbons (Fsp3) is 0.600.